The standard InChI is InChI=1S/C24H32N6O2/c1-17-5-6-18(2)29(17)27-23(31)13-15-25-21-9-11-22(12-10-21)26-16-14-24(32)28-30-19(3)7-8-20(30)4/h5-12,25-26H,13-16H2,1-4H3,(H,27,31)(H,28,32). The maximum atomic E-state index is 12.2. The lowest BCUT2D eigenvalue weighted by Gasteiger charge is -2.13. The van der Waals surface area contributed by atoms with Crippen LogP contribution in [0.1, 0.15) is 35.6 Å². The third kappa shape index (κ3) is 6.16. The lowest BCUT2D eigenvalue weighted by Crippen LogP contribution is -2.26. The second-order valence-corrected chi connectivity index (χ2v) is 7.90. The Balaban J connectivity index is 1.36. The lowest BCUT2D eigenvalue weighted by atomic mass is 10.2. The van der Waals surface area contributed by atoms with Crippen molar-refractivity contribution in [2.24, 2.45) is 0 Å². The van der Waals surface area contributed by atoms with Gasteiger partial charge in [0.25, 0.3) is 0 Å². The molecule has 32 heavy (non-hydrogen) atoms. The zero-order valence-corrected chi connectivity index (χ0v) is 19.2. The first-order valence-corrected chi connectivity index (χ1v) is 10.8. The Bertz CT molecular complexity index is 941. The largest absolute Gasteiger partial charge is 0.385 e. The SMILES string of the molecule is Cc1ccc(C)n1NC(=O)CCNc1ccc(NCCC(=O)Nn2c(C)ccc2C)cc1. The van der Waals surface area contributed by atoms with Crippen LogP contribution in [-0.4, -0.2) is 34.3 Å². The van der Waals surface area contributed by atoms with Gasteiger partial charge in [-0.2, -0.15) is 0 Å². The average Bonchev–Trinajstić information content (AvgIpc) is 3.25. The number of aryl methyl sites for hydroxylation is 4. The minimum absolute atomic E-state index is 0.0400. The van der Waals surface area contributed by atoms with E-state index >= 15 is 0 Å². The molecule has 0 unspecified atom stereocenters. The number of anilines is 2. The molecule has 8 nitrogen and oxygen atoms in total. The summed E-state index contributed by atoms with van der Waals surface area (Å²) >= 11 is 0. The first kappa shape index (κ1) is 23.0. The van der Waals surface area contributed by atoms with Gasteiger partial charge in [0.05, 0.1) is 0 Å². The molecule has 0 bridgehead atoms. The smallest absolute Gasteiger partial charge is 0.240 e. The molecule has 0 spiro atoms. The van der Waals surface area contributed by atoms with Gasteiger partial charge in [-0.25, -0.2) is 0 Å². The van der Waals surface area contributed by atoms with Crippen LogP contribution in [0, 0.1) is 27.7 Å². The quantitative estimate of drug-likeness (QED) is 0.390. The molecule has 0 radical (unpaired) electrons. The van der Waals surface area contributed by atoms with Crippen molar-refractivity contribution < 1.29 is 9.59 Å². The Morgan fingerprint density at radius 3 is 1.22 bits per heavy atom. The van der Waals surface area contributed by atoms with Crippen molar-refractivity contribution in [3.05, 3.63) is 71.3 Å². The number of carbonyl (C=O) groups excluding carboxylic acids is 2. The van der Waals surface area contributed by atoms with E-state index in [0.29, 0.717) is 25.9 Å². The van der Waals surface area contributed by atoms with E-state index in [0.717, 1.165) is 34.2 Å². The number of carbonyl (C=O) groups is 2. The summed E-state index contributed by atoms with van der Waals surface area (Å²) in [7, 11) is 0. The predicted molar refractivity (Wildman–Crippen MR) is 129 cm³/mol. The van der Waals surface area contributed by atoms with Crippen LogP contribution < -0.4 is 21.5 Å². The molecule has 4 N–H and O–H groups in total. The van der Waals surface area contributed by atoms with Crippen molar-refractivity contribution in [2.45, 2.75) is 40.5 Å². The Kier molecular flexibility index (Phi) is 7.59. The number of hydrogen-bond donors (Lipinski definition) is 4. The molecule has 8 heteroatoms. The van der Waals surface area contributed by atoms with Crippen molar-refractivity contribution in [3.8, 4) is 0 Å². The highest BCUT2D eigenvalue weighted by atomic mass is 16.2. The van der Waals surface area contributed by atoms with Gasteiger partial charge in [0.2, 0.25) is 11.8 Å². The molecule has 170 valence electrons. The van der Waals surface area contributed by atoms with Crippen LogP contribution in [0.3, 0.4) is 0 Å². The highest BCUT2D eigenvalue weighted by molar-refractivity contribution is 5.84. The molecule has 0 fully saturated rings. The van der Waals surface area contributed by atoms with Crippen molar-refractivity contribution in [2.75, 3.05) is 34.6 Å². The summed E-state index contributed by atoms with van der Waals surface area (Å²) in [5.74, 6) is -0.0801. The molecule has 0 saturated carbocycles. The molecule has 0 aliphatic carbocycles. The van der Waals surface area contributed by atoms with Crippen molar-refractivity contribution in [1.29, 1.82) is 0 Å². The van der Waals surface area contributed by atoms with Crippen LogP contribution >= 0.6 is 0 Å². The van der Waals surface area contributed by atoms with Crippen molar-refractivity contribution in [1.82, 2.24) is 9.35 Å². The van der Waals surface area contributed by atoms with Crippen LogP contribution in [0.4, 0.5) is 11.4 Å². The van der Waals surface area contributed by atoms with Crippen molar-refractivity contribution >= 4 is 23.2 Å². The average molecular weight is 437 g/mol. The topological polar surface area (TPSA) is 92.1 Å². The maximum Gasteiger partial charge on any atom is 0.240 e. The first-order chi connectivity index (χ1) is 15.3. The number of aromatic nitrogens is 2. The first-order valence-electron chi connectivity index (χ1n) is 10.8. The molecule has 0 aliphatic heterocycles. The number of nitrogens with zero attached hydrogens (tertiary/aromatic N) is 2. The van der Waals surface area contributed by atoms with Gasteiger partial charge < -0.3 is 10.6 Å². The molecule has 0 aliphatic rings. The van der Waals surface area contributed by atoms with E-state index in [9.17, 15) is 9.59 Å². The third-order valence-corrected chi connectivity index (χ3v) is 5.26. The molecule has 3 aromatic rings. The summed E-state index contributed by atoms with van der Waals surface area (Å²) < 4.78 is 3.59. The van der Waals surface area contributed by atoms with E-state index in [-0.39, 0.29) is 11.8 Å². The second kappa shape index (κ2) is 10.6. The number of rotatable bonds is 10. The molecular weight excluding hydrogens is 404 g/mol. The summed E-state index contributed by atoms with van der Waals surface area (Å²) in [6, 6.07) is 15.7. The van der Waals surface area contributed by atoms with Gasteiger partial charge in [-0.1, -0.05) is 0 Å². The zero-order valence-electron chi connectivity index (χ0n) is 19.2. The summed E-state index contributed by atoms with van der Waals surface area (Å²) in [5, 5.41) is 6.51. The Labute approximate surface area is 188 Å². The number of benzene rings is 1. The van der Waals surface area contributed by atoms with Gasteiger partial charge in [-0.15, -0.1) is 0 Å². The van der Waals surface area contributed by atoms with E-state index in [4.69, 9.17) is 0 Å². The van der Waals surface area contributed by atoms with Gasteiger partial charge in [0.15, 0.2) is 0 Å². The molecular formula is C24H32N6O2. The number of amides is 2. The highest BCUT2D eigenvalue weighted by Crippen LogP contribution is 2.14. The van der Waals surface area contributed by atoms with E-state index in [2.05, 4.69) is 21.5 Å². The molecule has 2 heterocycles. The second-order valence-electron chi connectivity index (χ2n) is 7.90. The molecule has 0 saturated heterocycles. The van der Waals surface area contributed by atoms with Crippen LogP contribution in [0.15, 0.2) is 48.5 Å². The summed E-state index contributed by atoms with van der Waals surface area (Å²) in [6.07, 6.45) is 0.735. The minimum atomic E-state index is -0.0400. The monoisotopic (exact) mass is 436 g/mol. The predicted octanol–water partition coefficient (Wildman–Crippen LogP) is 3.67. The summed E-state index contributed by atoms with van der Waals surface area (Å²) in [6.45, 7) is 8.90. The van der Waals surface area contributed by atoms with Gasteiger partial charge in [0.1, 0.15) is 0 Å². The number of nitrogens with one attached hydrogen (secondary N) is 4. The zero-order chi connectivity index (χ0) is 23.1. The summed E-state index contributed by atoms with van der Waals surface area (Å²) in [5.41, 5.74) is 11.7. The van der Waals surface area contributed by atoms with Crippen LogP contribution in [-0.2, 0) is 9.59 Å². The Hall–Kier alpha value is -3.68. The summed E-state index contributed by atoms with van der Waals surface area (Å²) in [4.78, 5) is 24.3. The van der Waals surface area contributed by atoms with E-state index < -0.39 is 0 Å². The Morgan fingerprint density at radius 2 is 0.906 bits per heavy atom. The van der Waals surface area contributed by atoms with Crippen LogP contribution in [0.25, 0.3) is 0 Å². The van der Waals surface area contributed by atoms with Gasteiger partial charge in [0, 0.05) is 60.1 Å². The van der Waals surface area contributed by atoms with Gasteiger partial charge in [-0.3, -0.25) is 29.8 Å². The van der Waals surface area contributed by atoms with Crippen LogP contribution in [0.5, 0.6) is 0 Å². The third-order valence-electron chi connectivity index (χ3n) is 5.26. The lowest BCUT2D eigenvalue weighted by molar-refractivity contribution is -0.117. The normalized spacial score (nSPS) is 10.6. The van der Waals surface area contributed by atoms with Crippen molar-refractivity contribution in [3.63, 3.8) is 0 Å². The van der Waals surface area contributed by atoms with Gasteiger partial charge >= 0.3 is 0 Å². The minimum Gasteiger partial charge on any atom is -0.385 e. The fourth-order valence-corrected chi connectivity index (χ4v) is 3.40. The number of hydrogen-bond acceptors (Lipinski definition) is 4. The fraction of sp³-hybridized carbons (Fsp3) is 0.333. The molecule has 2 amide bonds. The Morgan fingerprint density at radius 1 is 0.594 bits per heavy atom. The fourth-order valence-electron chi connectivity index (χ4n) is 3.40. The highest BCUT2D eigenvalue weighted by Gasteiger charge is 2.07. The molecule has 1 aromatic carbocycles. The van der Waals surface area contributed by atoms with E-state index in [1.165, 1.54) is 0 Å². The van der Waals surface area contributed by atoms with E-state index in [1.807, 2.05) is 76.2 Å². The molecule has 0 atom stereocenters. The van der Waals surface area contributed by atoms with Crippen LogP contribution in [0.2, 0.25) is 0 Å². The molecule has 2 aromatic heterocycles. The van der Waals surface area contributed by atoms with E-state index in [1.54, 1.807) is 9.35 Å². The molecule has 3 rings (SSSR count). The maximum absolute atomic E-state index is 12.2. The van der Waals surface area contributed by atoms with Gasteiger partial charge in [-0.05, 0) is 76.2 Å².